The maximum absolute atomic E-state index is 9.23. The second-order valence-corrected chi connectivity index (χ2v) is 4.42. The highest BCUT2D eigenvalue weighted by Gasteiger charge is 2.07. The molecule has 2 unspecified atom stereocenters. The molecular formula is C11H22N4O2. The van der Waals surface area contributed by atoms with Crippen LogP contribution in [-0.2, 0) is 13.1 Å². The van der Waals surface area contributed by atoms with Gasteiger partial charge in [0.05, 0.1) is 11.8 Å². The van der Waals surface area contributed by atoms with E-state index in [0.717, 1.165) is 12.1 Å². The molecular weight excluding hydrogens is 220 g/mol. The van der Waals surface area contributed by atoms with Crippen LogP contribution in [0.4, 0.5) is 0 Å². The van der Waals surface area contributed by atoms with Crippen molar-refractivity contribution in [1.29, 1.82) is 0 Å². The lowest BCUT2D eigenvalue weighted by atomic mass is 10.1. The largest absolute Gasteiger partial charge is 0.396 e. The van der Waals surface area contributed by atoms with E-state index in [2.05, 4.69) is 15.6 Å². The first-order valence-electron chi connectivity index (χ1n) is 6.03. The van der Waals surface area contributed by atoms with E-state index < -0.39 is 0 Å². The molecule has 6 heteroatoms. The fourth-order valence-electron chi connectivity index (χ4n) is 1.64. The van der Waals surface area contributed by atoms with Crippen molar-refractivity contribution >= 4 is 0 Å². The van der Waals surface area contributed by atoms with Gasteiger partial charge in [-0.05, 0) is 26.7 Å². The van der Waals surface area contributed by atoms with Crippen LogP contribution in [0.15, 0.2) is 6.20 Å². The van der Waals surface area contributed by atoms with Crippen molar-refractivity contribution in [2.75, 3.05) is 6.61 Å². The zero-order valence-corrected chi connectivity index (χ0v) is 10.5. The number of nitrogens with zero attached hydrogens (tertiary/aromatic N) is 3. The third-order valence-corrected chi connectivity index (χ3v) is 2.46. The molecule has 0 aliphatic rings. The molecule has 0 aliphatic carbocycles. The van der Waals surface area contributed by atoms with E-state index in [-0.39, 0.29) is 18.8 Å². The number of nitrogens with one attached hydrogen (secondary N) is 1. The summed E-state index contributed by atoms with van der Waals surface area (Å²) in [5, 5.41) is 29.2. The van der Waals surface area contributed by atoms with Gasteiger partial charge in [-0.1, -0.05) is 5.21 Å². The lowest BCUT2D eigenvalue weighted by Gasteiger charge is -2.13. The molecule has 17 heavy (non-hydrogen) atoms. The van der Waals surface area contributed by atoms with Gasteiger partial charge in [0.15, 0.2) is 0 Å². The van der Waals surface area contributed by atoms with Crippen LogP contribution < -0.4 is 5.32 Å². The highest BCUT2D eigenvalue weighted by atomic mass is 16.3. The molecule has 0 bridgehead atoms. The summed E-state index contributed by atoms with van der Waals surface area (Å²) in [5.41, 5.74) is 0.875. The van der Waals surface area contributed by atoms with E-state index in [1.54, 1.807) is 11.6 Å². The van der Waals surface area contributed by atoms with Crippen molar-refractivity contribution in [1.82, 2.24) is 20.3 Å². The normalized spacial score (nSPS) is 14.8. The first-order valence-corrected chi connectivity index (χ1v) is 6.03. The van der Waals surface area contributed by atoms with Crippen LogP contribution in [0.2, 0.25) is 0 Å². The molecule has 3 N–H and O–H groups in total. The van der Waals surface area contributed by atoms with Gasteiger partial charge >= 0.3 is 0 Å². The van der Waals surface area contributed by atoms with Crippen molar-refractivity contribution in [3.63, 3.8) is 0 Å². The standard InChI is InChI=1S/C11H22N4O2/c1-9(6-10(2)17)12-7-11-8-15(14-13-11)4-3-5-16/h8-10,12,16-17H,3-7H2,1-2H3. The molecule has 0 saturated carbocycles. The number of aliphatic hydroxyl groups is 2. The predicted octanol–water partition coefficient (Wildman–Crippen LogP) is -0.0905. The molecule has 1 heterocycles. The molecule has 2 atom stereocenters. The summed E-state index contributed by atoms with van der Waals surface area (Å²) in [7, 11) is 0. The molecule has 1 rings (SSSR count). The highest BCUT2D eigenvalue weighted by molar-refractivity contribution is 4.92. The Labute approximate surface area is 102 Å². The smallest absolute Gasteiger partial charge is 0.0964 e. The van der Waals surface area contributed by atoms with Crippen LogP contribution in [0.5, 0.6) is 0 Å². The molecule has 0 aromatic carbocycles. The molecule has 98 valence electrons. The van der Waals surface area contributed by atoms with E-state index >= 15 is 0 Å². The van der Waals surface area contributed by atoms with Crippen molar-refractivity contribution in [3.05, 3.63) is 11.9 Å². The van der Waals surface area contributed by atoms with Gasteiger partial charge in [0, 0.05) is 31.9 Å². The summed E-state index contributed by atoms with van der Waals surface area (Å²) in [5.74, 6) is 0. The van der Waals surface area contributed by atoms with Crippen molar-refractivity contribution < 1.29 is 10.2 Å². The first kappa shape index (κ1) is 14.1. The molecule has 0 radical (unpaired) electrons. The first-order chi connectivity index (χ1) is 8.11. The maximum atomic E-state index is 9.23. The quantitative estimate of drug-likeness (QED) is 0.593. The summed E-state index contributed by atoms with van der Waals surface area (Å²) >= 11 is 0. The van der Waals surface area contributed by atoms with Crippen LogP contribution in [0.1, 0.15) is 32.4 Å². The Bertz CT molecular complexity index is 314. The minimum absolute atomic E-state index is 0.166. The number of rotatable bonds is 8. The molecule has 0 fully saturated rings. The fraction of sp³-hybridized carbons (Fsp3) is 0.818. The van der Waals surface area contributed by atoms with Gasteiger partial charge in [-0.2, -0.15) is 0 Å². The third-order valence-electron chi connectivity index (χ3n) is 2.46. The average Bonchev–Trinajstić information content (AvgIpc) is 2.70. The Morgan fingerprint density at radius 1 is 1.47 bits per heavy atom. The Morgan fingerprint density at radius 2 is 2.24 bits per heavy atom. The molecule has 0 aliphatic heterocycles. The number of aromatic nitrogens is 3. The maximum Gasteiger partial charge on any atom is 0.0964 e. The van der Waals surface area contributed by atoms with Gasteiger partial charge < -0.3 is 15.5 Å². The summed E-state index contributed by atoms with van der Waals surface area (Å²) in [4.78, 5) is 0. The number of hydrogen-bond acceptors (Lipinski definition) is 5. The molecule has 0 amide bonds. The zero-order valence-electron chi connectivity index (χ0n) is 10.5. The fourth-order valence-corrected chi connectivity index (χ4v) is 1.64. The van der Waals surface area contributed by atoms with Gasteiger partial charge in [0.25, 0.3) is 0 Å². The molecule has 0 spiro atoms. The molecule has 0 saturated heterocycles. The van der Waals surface area contributed by atoms with Gasteiger partial charge in [0.2, 0.25) is 0 Å². The Balaban J connectivity index is 2.29. The second-order valence-electron chi connectivity index (χ2n) is 4.42. The Hall–Kier alpha value is -0.980. The van der Waals surface area contributed by atoms with Gasteiger partial charge in [0.1, 0.15) is 0 Å². The monoisotopic (exact) mass is 242 g/mol. The highest BCUT2D eigenvalue weighted by Crippen LogP contribution is 1.99. The van der Waals surface area contributed by atoms with E-state index in [1.807, 2.05) is 13.1 Å². The molecule has 6 nitrogen and oxygen atoms in total. The lowest BCUT2D eigenvalue weighted by Crippen LogP contribution is -2.28. The van der Waals surface area contributed by atoms with Gasteiger partial charge in [-0.3, -0.25) is 4.68 Å². The van der Waals surface area contributed by atoms with Crippen molar-refractivity contribution in [2.45, 2.75) is 51.9 Å². The minimum atomic E-state index is -0.294. The molecule has 1 aromatic heterocycles. The van der Waals surface area contributed by atoms with Crippen molar-refractivity contribution in [2.24, 2.45) is 0 Å². The van der Waals surface area contributed by atoms with Crippen LogP contribution in [0.3, 0.4) is 0 Å². The SMILES string of the molecule is CC(O)CC(C)NCc1cn(CCCO)nn1. The minimum Gasteiger partial charge on any atom is -0.396 e. The predicted molar refractivity (Wildman–Crippen MR) is 64.3 cm³/mol. The summed E-state index contributed by atoms with van der Waals surface area (Å²) < 4.78 is 1.73. The van der Waals surface area contributed by atoms with Crippen LogP contribution in [0.25, 0.3) is 0 Å². The number of aryl methyl sites for hydroxylation is 1. The van der Waals surface area contributed by atoms with E-state index in [9.17, 15) is 5.11 Å². The van der Waals surface area contributed by atoms with E-state index in [0.29, 0.717) is 19.5 Å². The Morgan fingerprint density at radius 3 is 2.88 bits per heavy atom. The Kier molecular flexibility index (Phi) is 6.10. The third kappa shape index (κ3) is 5.76. The molecule has 1 aromatic rings. The summed E-state index contributed by atoms with van der Waals surface area (Å²) in [6, 6.07) is 0.248. The van der Waals surface area contributed by atoms with Gasteiger partial charge in [-0.25, -0.2) is 0 Å². The van der Waals surface area contributed by atoms with Crippen LogP contribution in [0, 0.1) is 0 Å². The second kappa shape index (κ2) is 7.37. The van der Waals surface area contributed by atoms with Gasteiger partial charge in [-0.15, -0.1) is 5.10 Å². The van der Waals surface area contributed by atoms with E-state index in [1.165, 1.54) is 0 Å². The summed E-state index contributed by atoms with van der Waals surface area (Å²) in [6.45, 7) is 5.31. The van der Waals surface area contributed by atoms with Crippen LogP contribution >= 0.6 is 0 Å². The van der Waals surface area contributed by atoms with Crippen molar-refractivity contribution in [3.8, 4) is 0 Å². The van der Waals surface area contributed by atoms with E-state index in [4.69, 9.17) is 5.11 Å². The lowest BCUT2D eigenvalue weighted by molar-refractivity contribution is 0.170. The summed E-state index contributed by atoms with van der Waals surface area (Å²) in [6.07, 6.45) is 2.99. The zero-order chi connectivity index (χ0) is 12.7. The average molecular weight is 242 g/mol. The number of hydrogen-bond donors (Lipinski definition) is 3. The topological polar surface area (TPSA) is 83.2 Å². The number of aliphatic hydroxyl groups excluding tert-OH is 2. The van der Waals surface area contributed by atoms with Crippen LogP contribution in [-0.4, -0.2) is 44.0 Å².